The summed E-state index contributed by atoms with van der Waals surface area (Å²) >= 11 is 0. The van der Waals surface area contributed by atoms with Gasteiger partial charge in [-0.3, -0.25) is 9.59 Å². The van der Waals surface area contributed by atoms with E-state index in [4.69, 9.17) is 0 Å². The van der Waals surface area contributed by atoms with Crippen molar-refractivity contribution in [2.24, 2.45) is 11.8 Å². The first-order chi connectivity index (χ1) is 13.0. The number of aliphatic carboxylic acids is 1. The van der Waals surface area contributed by atoms with Crippen LogP contribution in [0.1, 0.15) is 36.5 Å². The van der Waals surface area contributed by atoms with Crippen molar-refractivity contribution in [1.82, 2.24) is 4.98 Å². The summed E-state index contributed by atoms with van der Waals surface area (Å²) in [6.07, 6.45) is 4.53. The molecule has 1 atom stereocenters. The summed E-state index contributed by atoms with van der Waals surface area (Å²) in [5.74, 6) is -0.469. The minimum absolute atomic E-state index is 0.0398. The van der Waals surface area contributed by atoms with Gasteiger partial charge >= 0.3 is 5.97 Å². The maximum absolute atomic E-state index is 13.8. The fourth-order valence-corrected chi connectivity index (χ4v) is 3.79. The Morgan fingerprint density at radius 2 is 2.00 bits per heavy atom. The van der Waals surface area contributed by atoms with E-state index in [0.717, 1.165) is 37.3 Å². The first-order valence-corrected chi connectivity index (χ1v) is 9.22. The predicted molar refractivity (Wildman–Crippen MR) is 101 cm³/mol. The summed E-state index contributed by atoms with van der Waals surface area (Å²) in [6.45, 7) is 3.49. The van der Waals surface area contributed by atoms with Gasteiger partial charge in [0.2, 0.25) is 0 Å². The van der Waals surface area contributed by atoms with E-state index in [1.54, 1.807) is 12.3 Å². The number of carboxylic acids is 1. The minimum atomic E-state index is -0.703. The summed E-state index contributed by atoms with van der Waals surface area (Å²) in [4.78, 5) is 28.7. The standard InChI is InChI=1S/C21H23FN2O3/c1-2-18(21(26)27)14-7-9-24(10-8-14)20-6-5-16(12-23-20)15-3-4-17(13-25)19(22)11-15/h3-6,11-14,18H,2,7-10H2,1H3,(H,26,27). The average Bonchev–Trinajstić information content (AvgIpc) is 2.69. The van der Waals surface area contributed by atoms with Gasteiger partial charge < -0.3 is 10.0 Å². The number of halogens is 1. The maximum Gasteiger partial charge on any atom is 0.306 e. The molecule has 1 aliphatic heterocycles. The largest absolute Gasteiger partial charge is 0.481 e. The number of carboxylic acid groups (broad SMARTS) is 1. The van der Waals surface area contributed by atoms with Crippen LogP contribution in [0.3, 0.4) is 0 Å². The van der Waals surface area contributed by atoms with Gasteiger partial charge in [-0.15, -0.1) is 0 Å². The fraction of sp³-hybridized carbons (Fsp3) is 0.381. The molecule has 2 heterocycles. The van der Waals surface area contributed by atoms with Crippen molar-refractivity contribution >= 4 is 18.1 Å². The van der Waals surface area contributed by atoms with Crippen molar-refractivity contribution in [3.63, 3.8) is 0 Å². The van der Waals surface area contributed by atoms with Crippen molar-refractivity contribution in [3.8, 4) is 11.1 Å². The zero-order chi connectivity index (χ0) is 19.4. The topological polar surface area (TPSA) is 70.5 Å². The summed E-state index contributed by atoms with van der Waals surface area (Å²) in [5, 5.41) is 9.33. The first-order valence-electron chi connectivity index (χ1n) is 9.22. The van der Waals surface area contributed by atoms with Crippen molar-refractivity contribution in [1.29, 1.82) is 0 Å². The lowest BCUT2D eigenvalue weighted by Gasteiger charge is -2.35. The van der Waals surface area contributed by atoms with Crippen LogP contribution in [0, 0.1) is 17.7 Å². The molecule has 1 aromatic heterocycles. The highest BCUT2D eigenvalue weighted by atomic mass is 19.1. The van der Waals surface area contributed by atoms with Crippen molar-refractivity contribution < 1.29 is 19.1 Å². The number of rotatable bonds is 6. The van der Waals surface area contributed by atoms with Crippen LogP contribution in [-0.2, 0) is 4.79 Å². The molecule has 27 heavy (non-hydrogen) atoms. The number of aromatic nitrogens is 1. The van der Waals surface area contributed by atoms with E-state index in [1.807, 2.05) is 19.1 Å². The highest BCUT2D eigenvalue weighted by Gasteiger charge is 2.30. The summed E-state index contributed by atoms with van der Waals surface area (Å²) in [7, 11) is 0. The number of carbonyl (C=O) groups excluding carboxylic acids is 1. The molecule has 3 rings (SSSR count). The van der Waals surface area contributed by atoms with Crippen LogP contribution < -0.4 is 4.90 Å². The van der Waals surface area contributed by atoms with Crippen LogP contribution in [0.2, 0.25) is 0 Å². The summed E-state index contributed by atoms with van der Waals surface area (Å²) < 4.78 is 13.8. The molecule has 1 fully saturated rings. The molecule has 0 aliphatic carbocycles. The molecular formula is C21H23FN2O3. The monoisotopic (exact) mass is 370 g/mol. The van der Waals surface area contributed by atoms with Gasteiger partial charge in [0.05, 0.1) is 11.5 Å². The second-order valence-electron chi connectivity index (χ2n) is 6.94. The number of piperidine rings is 1. The Morgan fingerprint density at radius 1 is 1.30 bits per heavy atom. The van der Waals surface area contributed by atoms with Gasteiger partial charge in [-0.05, 0) is 55.0 Å². The molecule has 2 aromatic rings. The Balaban J connectivity index is 1.67. The normalized spacial score (nSPS) is 16.1. The molecule has 1 aliphatic rings. The molecule has 142 valence electrons. The van der Waals surface area contributed by atoms with Crippen LogP contribution in [-0.4, -0.2) is 35.4 Å². The highest BCUT2D eigenvalue weighted by Crippen LogP contribution is 2.30. The second kappa shape index (κ2) is 8.29. The van der Waals surface area contributed by atoms with E-state index in [9.17, 15) is 19.1 Å². The van der Waals surface area contributed by atoms with Gasteiger partial charge in [0.25, 0.3) is 0 Å². The lowest BCUT2D eigenvalue weighted by atomic mass is 9.83. The van der Waals surface area contributed by atoms with Gasteiger partial charge in [0, 0.05) is 24.8 Å². The predicted octanol–water partition coefficient (Wildman–Crippen LogP) is 4.03. The number of aldehydes is 1. The van der Waals surface area contributed by atoms with E-state index < -0.39 is 11.8 Å². The van der Waals surface area contributed by atoms with E-state index in [-0.39, 0.29) is 17.4 Å². The third kappa shape index (κ3) is 4.15. The number of carbonyl (C=O) groups is 2. The molecule has 6 heteroatoms. The van der Waals surface area contributed by atoms with E-state index in [2.05, 4.69) is 9.88 Å². The third-order valence-electron chi connectivity index (χ3n) is 5.40. The van der Waals surface area contributed by atoms with Crippen molar-refractivity contribution in [2.75, 3.05) is 18.0 Å². The number of hydrogen-bond donors (Lipinski definition) is 1. The molecule has 0 radical (unpaired) electrons. The molecular weight excluding hydrogens is 347 g/mol. The quantitative estimate of drug-likeness (QED) is 0.778. The number of pyridine rings is 1. The van der Waals surface area contributed by atoms with Crippen LogP contribution >= 0.6 is 0 Å². The Hall–Kier alpha value is -2.76. The van der Waals surface area contributed by atoms with Crippen LogP contribution in [0.15, 0.2) is 36.5 Å². The molecule has 0 amide bonds. The minimum Gasteiger partial charge on any atom is -0.481 e. The Morgan fingerprint density at radius 3 is 2.52 bits per heavy atom. The molecule has 0 bridgehead atoms. The maximum atomic E-state index is 13.8. The molecule has 5 nitrogen and oxygen atoms in total. The van der Waals surface area contributed by atoms with Gasteiger partial charge in [-0.25, -0.2) is 9.37 Å². The van der Waals surface area contributed by atoms with Crippen LogP contribution in [0.5, 0.6) is 0 Å². The SMILES string of the molecule is CCC(C(=O)O)C1CCN(c2ccc(-c3ccc(C=O)c(F)c3)cn2)CC1. The van der Waals surface area contributed by atoms with Crippen molar-refractivity contribution in [3.05, 3.63) is 47.9 Å². The fourth-order valence-electron chi connectivity index (χ4n) is 3.79. The third-order valence-corrected chi connectivity index (χ3v) is 5.40. The number of hydrogen-bond acceptors (Lipinski definition) is 4. The summed E-state index contributed by atoms with van der Waals surface area (Å²) in [5.41, 5.74) is 1.49. The van der Waals surface area contributed by atoms with Gasteiger partial charge in [0.1, 0.15) is 11.6 Å². The molecule has 1 aromatic carbocycles. The van der Waals surface area contributed by atoms with Gasteiger partial charge in [0.15, 0.2) is 6.29 Å². The summed E-state index contributed by atoms with van der Waals surface area (Å²) in [6, 6.07) is 8.28. The molecule has 1 saturated heterocycles. The number of anilines is 1. The number of benzene rings is 1. The van der Waals surface area contributed by atoms with E-state index >= 15 is 0 Å². The lowest BCUT2D eigenvalue weighted by Crippen LogP contribution is -2.38. The molecule has 0 saturated carbocycles. The van der Waals surface area contributed by atoms with Gasteiger partial charge in [-0.1, -0.05) is 13.0 Å². The van der Waals surface area contributed by atoms with Crippen LogP contribution in [0.25, 0.3) is 11.1 Å². The second-order valence-corrected chi connectivity index (χ2v) is 6.94. The Labute approximate surface area is 157 Å². The molecule has 1 N–H and O–H groups in total. The van der Waals surface area contributed by atoms with Crippen LogP contribution in [0.4, 0.5) is 10.2 Å². The van der Waals surface area contributed by atoms with E-state index in [1.165, 1.54) is 12.1 Å². The number of nitrogens with zero attached hydrogens (tertiary/aromatic N) is 2. The molecule has 1 unspecified atom stereocenters. The van der Waals surface area contributed by atoms with Gasteiger partial charge in [-0.2, -0.15) is 0 Å². The van der Waals surface area contributed by atoms with E-state index in [0.29, 0.717) is 18.3 Å². The lowest BCUT2D eigenvalue weighted by molar-refractivity contribution is -0.144. The average molecular weight is 370 g/mol. The Kier molecular flexibility index (Phi) is 5.84. The smallest absolute Gasteiger partial charge is 0.306 e. The first kappa shape index (κ1) is 19.0. The zero-order valence-electron chi connectivity index (χ0n) is 15.3. The zero-order valence-corrected chi connectivity index (χ0v) is 15.3. The Bertz CT molecular complexity index is 815. The molecule has 0 spiro atoms. The highest BCUT2D eigenvalue weighted by molar-refractivity contribution is 5.77. The van der Waals surface area contributed by atoms with Crippen molar-refractivity contribution in [2.45, 2.75) is 26.2 Å².